The number of hydrogen-bond donors (Lipinski definition) is 2. The summed E-state index contributed by atoms with van der Waals surface area (Å²) in [6.07, 6.45) is 1.09. The fourth-order valence-electron chi connectivity index (χ4n) is 2.38. The molecule has 0 saturated carbocycles. The number of nitrogens with one attached hydrogen (secondary N) is 2. The van der Waals surface area contributed by atoms with Gasteiger partial charge in [-0.3, -0.25) is 4.72 Å². The van der Waals surface area contributed by atoms with Gasteiger partial charge in [0, 0.05) is 19.3 Å². The van der Waals surface area contributed by atoms with Gasteiger partial charge in [-0.25, -0.2) is 13.2 Å². The lowest BCUT2D eigenvalue weighted by Gasteiger charge is -2.19. The molecule has 0 spiro atoms. The van der Waals surface area contributed by atoms with Crippen LogP contribution in [-0.4, -0.2) is 45.8 Å². The van der Waals surface area contributed by atoms with Gasteiger partial charge in [0.1, 0.15) is 12.4 Å². The smallest absolute Gasteiger partial charge is 0.317 e. The summed E-state index contributed by atoms with van der Waals surface area (Å²) in [6.45, 7) is 3.10. The van der Waals surface area contributed by atoms with Gasteiger partial charge in [-0.05, 0) is 36.2 Å². The number of amides is 2. The van der Waals surface area contributed by atoms with Crippen LogP contribution in [0, 0.1) is 6.92 Å². The second kappa shape index (κ2) is 9.27. The predicted octanol–water partition coefficient (Wildman–Crippen LogP) is 2.59. The van der Waals surface area contributed by atoms with Crippen molar-refractivity contribution in [2.45, 2.75) is 13.5 Å². The van der Waals surface area contributed by atoms with Crippen LogP contribution in [0.1, 0.15) is 11.1 Å². The Bertz CT molecular complexity index is 884. The first-order valence-corrected chi connectivity index (χ1v) is 10.4. The summed E-state index contributed by atoms with van der Waals surface area (Å²) in [5, 5.41) is 2.80. The van der Waals surface area contributed by atoms with Crippen LogP contribution < -0.4 is 14.8 Å². The molecular formula is C19H25N3O4S. The minimum atomic E-state index is -3.33. The largest absolute Gasteiger partial charge is 0.491 e. The van der Waals surface area contributed by atoms with Crippen molar-refractivity contribution in [1.29, 1.82) is 0 Å². The summed E-state index contributed by atoms with van der Waals surface area (Å²) in [4.78, 5) is 13.7. The van der Waals surface area contributed by atoms with E-state index in [1.807, 2.05) is 37.3 Å². The van der Waals surface area contributed by atoms with E-state index in [1.54, 1.807) is 25.2 Å². The van der Waals surface area contributed by atoms with E-state index >= 15 is 0 Å². The van der Waals surface area contributed by atoms with E-state index < -0.39 is 10.0 Å². The number of aryl methyl sites for hydroxylation is 1. The van der Waals surface area contributed by atoms with Gasteiger partial charge in [-0.2, -0.15) is 0 Å². The van der Waals surface area contributed by atoms with Crippen LogP contribution in [0.5, 0.6) is 5.75 Å². The number of para-hydroxylation sites is 1. The van der Waals surface area contributed by atoms with Crippen LogP contribution in [0.4, 0.5) is 10.5 Å². The van der Waals surface area contributed by atoms with E-state index in [9.17, 15) is 13.2 Å². The number of ether oxygens (including phenoxy) is 1. The number of carbonyl (C=O) groups excluding carboxylic acids is 1. The van der Waals surface area contributed by atoms with E-state index in [0.717, 1.165) is 23.1 Å². The second-order valence-electron chi connectivity index (χ2n) is 6.27. The quantitative estimate of drug-likeness (QED) is 0.724. The first-order valence-electron chi connectivity index (χ1n) is 8.49. The monoisotopic (exact) mass is 391 g/mol. The fourth-order valence-corrected chi connectivity index (χ4v) is 2.94. The first-order chi connectivity index (χ1) is 12.7. The number of rotatable bonds is 8. The Morgan fingerprint density at radius 2 is 1.89 bits per heavy atom. The lowest BCUT2D eigenvalue weighted by molar-refractivity contribution is 0.195. The minimum absolute atomic E-state index is 0.232. The topological polar surface area (TPSA) is 87.7 Å². The van der Waals surface area contributed by atoms with Crippen molar-refractivity contribution < 1.29 is 17.9 Å². The molecule has 0 aromatic heterocycles. The second-order valence-corrected chi connectivity index (χ2v) is 8.02. The van der Waals surface area contributed by atoms with Gasteiger partial charge in [-0.1, -0.05) is 30.3 Å². The van der Waals surface area contributed by atoms with E-state index in [-0.39, 0.29) is 6.03 Å². The van der Waals surface area contributed by atoms with Crippen molar-refractivity contribution in [1.82, 2.24) is 10.2 Å². The van der Waals surface area contributed by atoms with Crippen molar-refractivity contribution in [3.05, 3.63) is 59.7 Å². The maximum Gasteiger partial charge on any atom is 0.317 e. The number of nitrogens with zero attached hydrogens (tertiary/aromatic N) is 1. The maximum absolute atomic E-state index is 12.2. The highest BCUT2D eigenvalue weighted by molar-refractivity contribution is 7.92. The molecule has 2 aromatic carbocycles. The molecule has 2 aromatic rings. The Morgan fingerprint density at radius 3 is 2.59 bits per heavy atom. The molecule has 0 aliphatic rings. The highest BCUT2D eigenvalue weighted by Crippen LogP contribution is 2.16. The predicted molar refractivity (Wildman–Crippen MR) is 106 cm³/mol. The molecule has 0 aliphatic heterocycles. The van der Waals surface area contributed by atoms with Crippen LogP contribution in [-0.2, 0) is 16.6 Å². The average Bonchev–Trinajstić information content (AvgIpc) is 2.60. The Hall–Kier alpha value is -2.74. The average molecular weight is 391 g/mol. The number of urea groups is 1. The van der Waals surface area contributed by atoms with Gasteiger partial charge in [-0.15, -0.1) is 0 Å². The number of carbonyl (C=O) groups is 1. The Kier molecular flexibility index (Phi) is 7.06. The summed E-state index contributed by atoms with van der Waals surface area (Å²) < 4.78 is 30.7. The molecule has 0 saturated heterocycles. The standard InChI is InChI=1S/C19H25N3O4S/c1-15-7-4-5-10-18(15)26-12-11-22(2)19(23)20-14-16-8-6-9-17(13-16)21-27(3,24)25/h4-10,13,21H,11-12,14H2,1-3H3,(H,20,23). The Labute approximate surface area is 160 Å². The molecule has 2 rings (SSSR count). The molecule has 0 heterocycles. The number of hydrogen-bond acceptors (Lipinski definition) is 4. The van der Waals surface area contributed by atoms with Crippen molar-refractivity contribution >= 4 is 21.7 Å². The lowest BCUT2D eigenvalue weighted by atomic mass is 10.2. The molecule has 0 atom stereocenters. The third kappa shape index (κ3) is 7.18. The molecule has 7 nitrogen and oxygen atoms in total. The maximum atomic E-state index is 12.2. The SMILES string of the molecule is Cc1ccccc1OCCN(C)C(=O)NCc1cccc(NS(C)(=O)=O)c1. The minimum Gasteiger partial charge on any atom is -0.491 e. The highest BCUT2D eigenvalue weighted by Gasteiger charge is 2.09. The van der Waals surface area contributed by atoms with E-state index in [0.29, 0.717) is 25.4 Å². The van der Waals surface area contributed by atoms with Gasteiger partial charge in [0.25, 0.3) is 0 Å². The van der Waals surface area contributed by atoms with Gasteiger partial charge >= 0.3 is 6.03 Å². The molecule has 2 amide bonds. The van der Waals surface area contributed by atoms with Gasteiger partial charge in [0.2, 0.25) is 10.0 Å². The normalized spacial score (nSPS) is 10.9. The van der Waals surface area contributed by atoms with Crippen LogP contribution >= 0.6 is 0 Å². The first kappa shape index (κ1) is 20.6. The molecule has 0 aliphatic carbocycles. The summed E-state index contributed by atoms with van der Waals surface area (Å²) in [7, 11) is -1.64. The van der Waals surface area contributed by atoms with Gasteiger partial charge < -0.3 is 15.0 Å². The van der Waals surface area contributed by atoms with E-state index in [4.69, 9.17) is 4.74 Å². The fraction of sp³-hybridized carbons (Fsp3) is 0.316. The van der Waals surface area contributed by atoms with Crippen LogP contribution in [0.2, 0.25) is 0 Å². The summed E-state index contributed by atoms with van der Waals surface area (Å²) in [6, 6.07) is 14.4. The molecule has 146 valence electrons. The zero-order chi connectivity index (χ0) is 19.9. The van der Waals surface area contributed by atoms with Gasteiger partial charge in [0.15, 0.2) is 0 Å². The van der Waals surface area contributed by atoms with Crippen LogP contribution in [0.15, 0.2) is 48.5 Å². The third-order valence-corrected chi connectivity index (χ3v) is 4.41. The molecule has 27 heavy (non-hydrogen) atoms. The zero-order valence-electron chi connectivity index (χ0n) is 15.7. The molecule has 0 fully saturated rings. The molecule has 0 radical (unpaired) electrons. The number of sulfonamides is 1. The van der Waals surface area contributed by atoms with Gasteiger partial charge in [0.05, 0.1) is 12.8 Å². The summed E-state index contributed by atoms with van der Waals surface area (Å²) >= 11 is 0. The zero-order valence-corrected chi connectivity index (χ0v) is 16.5. The van der Waals surface area contributed by atoms with Crippen molar-refractivity contribution in [3.63, 3.8) is 0 Å². The van der Waals surface area contributed by atoms with Crippen molar-refractivity contribution in [2.24, 2.45) is 0 Å². The highest BCUT2D eigenvalue weighted by atomic mass is 32.2. The van der Waals surface area contributed by atoms with Crippen LogP contribution in [0.3, 0.4) is 0 Å². The summed E-state index contributed by atoms with van der Waals surface area (Å²) in [5.74, 6) is 0.807. The lowest BCUT2D eigenvalue weighted by Crippen LogP contribution is -2.39. The van der Waals surface area contributed by atoms with Crippen LogP contribution in [0.25, 0.3) is 0 Å². The molecule has 0 bridgehead atoms. The van der Waals surface area contributed by atoms with E-state index in [1.165, 1.54) is 4.90 Å². The molecule has 2 N–H and O–H groups in total. The Morgan fingerprint density at radius 1 is 1.15 bits per heavy atom. The molecule has 8 heteroatoms. The van der Waals surface area contributed by atoms with Crippen molar-refractivity contribution in [3.8, 4) is 5.75 Å². The number of likely N-dealkylation sites (N-methyl/N-ethyl adjacent to an activating group) is 1. The molecular weight excluding hydrogens is 366 g/mol. The molecule has 0 unspecified atom stereocenters. The number of benzene rings is 2. The number of anilines is 1. The van der Waals surface area contributed by atoms with Crippen molar-refractivity contribution in [2.75, 3.05) is 31.2 Å². The third-order valence-electron chi connectivity index (χ3n) is 3.80. The Balaban J connectivity index is 1.79. The van der Waals surface area contributed by atoms with E-state index in [2.05, 4.69) is 10.0 Å². The summed E-state index contributed by atoms with van der Waals surface area (Å²) in [5.41, 5.74) is 2.30.